The second-order valence-electron chi connectivity index (χ2n) is 15.1. The van der Waals surface area contributed by atoms with E-state index in [-0.39, 0.29) is 0 Å². The van der Waals surface area contributed by atoms with Crippen LogP contribution in [0, 0.1) is 0 Å². The van der Waals surface area contributed by atoms with E-state index >= 15 is 0 Å². The Morgan fingerprint density at radius 1 is 0.509 bits per heavy atom. The van der Waals surface area contributed by atoms with Crippen molar-refractivity contribution in [1.29, 1.82) is 0 Å². The molecular weight excluding hydrogens is 693 g/mol. The molecule has 0 amide bonds. The molecule has 1 aliphatic heterocycles. The van der Waals surface area contributed by atoms with Crippen LogP contribution in [-0.4, -0.2) is 14.1 Å². The van der Waals surface area contributed by atoms with Crippen LogP contribution in [0.15, 0.2) is 195 Å². The Morgan fingerprint density at radius 3 is 1.88 bits per heavy atom. The van der Waals surface area contributed by atoms with Crippen molar-refractivity contribution in [3.05, 3.63) is 233 Å². The van der Waals surface area contributed by atoms with Crippen molar-refractivity contribution < 1.29 is 0 Å². The number of pyridine rings is 1. The van der Waals surface area contributed by atoms with Gasteiger partial charge in [0.05, 0.1) is 22.0 Å². The molecule has 2 aliphatic rings. The number of aromatic nitrogens is 3. The van der Waals surface area contributed by atoms with Gasteiger partial charge in [0.15, 0.2) is 0 Å². The molecule has 0 bridgehead atoms. The first-order valence-electron chi connectivity index (χ1n) is 19.6. The summed E-state index contributed by atoms with van der Waals surface area (Å²) >= 11 is 0. The molecule has 57 heavy (non-hydrogen) atoms. The monoisotopic (exact) mass is 727 g/mol. The highest BCUT2D eigenvalue weighted by atomic mass is 15.0. The van der Waals surface area contributed by atoms with Crippen LogP contribution in [0.4, 0.5) is 0 Å². The number of nitrogens with zero attached hydrogens (tertiary/aromatic N) is 4. The fourth-order valence-corrected chi connectivity index (χ4v) is 9.98. The van der Waals surface area contributed by atoms with Crippen LogP contribution in [0.1, 0.15) is 33.5 Å². The molecule has 4 heteroatoms. The Bertz CT molecular complexity index is 3170. The maximum Gasteiger partial charge on any atom is 0.0720 e. The van der Waals surface area contributed by atoms with Crippen molar-refractivity contribution in [1.82, 2.24) is 14.1 Å². The van der Waals surface area contributed by atoms with Gasteiger partial charge in [-0.3, -0.25) is 4.98 Å². The summed E-state index contributed by atoms with van der Waals surface area (Å²) in [6.07, 6.45) is 7.85. The minimum atomic E-state index is -0.492. The summed E-state index contributed by atoms with van der Waals surface area (Å²) in [5.74, 6) is 0. The van der Waals surface area contributed by atoms with Gasteiger partial charge in [0.25, 0.3) is 0 Å². The van der Waals surface area contributed by atoms with Gasteiger partial charge in [-0.05, 0) is 92.5 Å². The SMILES string of the molecule is C1=Cc2c(c3cnccc3n2-c2ccc(-c3ccc(-n4c5ccccc5c5c6c(ccc54)-c4ccccc4C6(c4ccccc4)c4ccccc4)cc3)cc2)C[N-]1. The van der Waals surface area contributed by atoms with Crippen LogP contribution >= 0.6 is 0 Å². The number of rotatable bonds is 5. The molecule has 0 fully saturated rings. The number of para-hydroxylation sites is 1. The molecule has 4 nitrogen and oxygen atoms in total. The molecule has 0 unspecified atom stereocenters. The summed E-state index contributed by atoms with van der Waals surface area (Å²) in [7, 11) is 0. The lowest BCUT2D eigenvalue weighted by atomic mass is 9.67. The predicted octanol–water partition coefficient (Wildman–Crippen LogP) is 13.0. The van der Waals surface area contributed by atoms with E-state index in [4.69, 9.17) is 0 Å². The van der Waals surface area contributed by atoms with Crippen molar-refractivity contribution >= 4 is 38.8 Å². The number of hydrogen-bond donors (Lipinski definition) is 0. The van der Waals surface area contributed by atoms with Crippen LogP contribution < -0.4 is 0 Å². The van der Waals surface area contributed by atoms with Gasteiger partial charge >= 0.3 is 0 Å². The second-order valence-corrected chi connectivity index (χ2v) is 15.1. The molecule has 268 valence electrons. The lowest BCUT2D eigenvalue weighted by molar-refractivity contribution is 0.776. The Hall–Kier alpha value is -7.43. The summed E-state index contributed by atoms with van der Waals surface area (Å²) in [6.45, 7) is 0.675. The minimum Gasteiger partial charge on any atom is -0.687 e. The summed E-state index contributed by atoms with van der Waals surface area (Å²) in [5, 5.41) is 8.23. The molecule has 7 aromatic carbocycles. The van der Waals surface area contributed by atoms with Gasteiger partial charge in [0.2, 0.25) is 0 Å². The van der Waals surface area contributed by atoms with E-state index in [9.17, 15) is 0 Å². The van der Waals surface area contributed by atoms with E-state index < -0.39 is 5.41 Å². The average molecular weight is 728 g/mol. The largest absolute Gasteiger partial charge is 0.687 e. The van der Waals surface area contributed by atoms with Crippen LogP contribution in [0.3, 0.4) is 0 Å². The Labute approximate surface area is 330 Å². The topological polar surface area (TPSA) is 36.9 Å². The molecule has 0 radical (unpaired) electrons. The Kier molecular flexibility index (Phi) is 6.87. The summed E-state index contributed by atoms with van der Waals surface area (Å²) < 4.78 is 4.78. The zero-order valence-corrected chi connectivity index (χ0v) is 31.0. The zero-order chi connectivity index (χ0) is 37.5. The quantitative estimate of drug-likeness (QED) is 0.174. The average Bonchev–Trinajstić information content (AvgIpc) is 3.92. The molecule has 0 N–H and O–H groups in total. The maximum absolute atomic E-state index is 4.52. The van der Waals surface area contributed by atoms with Crippen molar-refractivity contribution in [3.63, 3.8) is 0 Å². The third kappa shape index (κ3) is 4.47. The molecule has 4 heterocycles. The lowest BCUT2D eigenvalue weighted by Crippen LogP contribution is -2.28. The van der Waals surface area contributed by atoms with Gasteiger partial charge < -0.3 is 14.5 Å². The van der Waals surface area contributed by atoms with Gasteiger partial charge in [0, 0.05) is 45.6 Å². The van der Waals surface area contributed by atoms with Gasteiger partial charge in [0.1, 0.15) is 0 Å². The minimum absolute atomic E-state index is 0.492. The fourth-order valence-electron chi connectivity index (χ4n) is 9.98. The zero-order valence-electron chi connectivity index (χ0n) is 31.0. The molecule has 0 saturated carbocycles. The fraction of sp³-hybridized carbons (Fsp3) is 0.0377. The van der Waals surface area contributed by atoms with Gasteiger partial charge in [-0.2, -0.15) is 6.20 Å². The molecule has 0 atom stereocenters. The molecule has 1 aliphatic carbocycles. The van der Waals surface area contributed by atoms with Crippen molar-refractivity contribution in [3.8, 4) is 33.6 Å². The third-order valence-electron chi connectivity index (χ3n) is 12.3. The number of benzene rings is 7. The molecule has 0 spiro atoms. The normalized spacial score (nSPS) is 13.8. The van der Waals surface area contributed by atoms with E-state index in [2.05, 4.69) is 201 Å². The van der Waals surface area contributed by atoms with Crippen molar-refractivity contribution in [2.45, 2.75) is 12.0 Å². The van der Waals surface area contributed by atoms with Crippen LogP contribution in [0.2, 0.25) is 0 Å². The third-order valence-corrected chi connectivity index (χ3v) is 12.3. The Balaban J connectivity index is 1.02. The summed E-state index contributed by atoms with van der Waals surface area (Å²) in [5.41, 5.74) is 17.9. The first-order chi connectivity index (χ1) is 28.3. The van der Waals surface area contributed by atoms with E-state index in [0.717, 1.165) is 22.3 Å². The van der Waals surface area contributed by atoms with E-state index in [1.165, 1.54) is 77.6 Å². The van der Waals surface area contributed by atoms with Gasteiger partial charge in [-0.15, -0.1) is 6.54 Å². The van der Waals surface area contributed by atoms with Gasteiger partial charge in [-0.25, -0.2) is 0 Å². The maximum atomic E-state index is 4.52. The smallest absolute Gasteiger partial charge is 0.0720 e. The summed E-state index contributed by atoms with van der Waals surface area (Å²) in [6, 6.07) is 64.9. The number of fused-ring (bicyclic) bond motifs is 10. The number of hydrogen-bond acceptors (Lipinski definition) is 1. The molecule has 3 aromatic heterocycles. The first-order valence-corrected chi connectivity index (χ1v) is 19.6. The molecule has 12 rings (SSSR count). The van der Waals surface area contributed by atoms with E-state index in [1.54, 1.807) is 0 Å². The highest BCUT2D eigenvalue weighted by Gasteiger charge is 2.47. The predicted molar refractivity (Wildman–Crippen MR) is 234 cm³/mol. The van der Waals surface area contributed by atoms with E-state index in [1.807, 2.05) is 18.6 Å². The van der Waals surface area contributed by atoms with Crippen LogP contribution in [-0.2, 0) is 12.0 Å². The van der Waals surface area contributed by atoms with E-state index in [0.29, 0.717) is 6.54 Å². The highest BCUT2D eigenvalue weighted by molar-refractivity contribution is 6.15. The first kappa shape index (κ1) is 31.9. The molecule has 10 aromatic rings. The second kappa shape index (κ2) is 12.3. The lowest BCUT2D eigenvalue weighted by Gasteiger charge is -2.34. The van der Waals surface area contributed by atoms with Crippen LogP contribution in [0.5, 0.6) is 0 Å². The molecular formula is C53H35N4-. The standard InChI is InChI=1S/C53H35N4/c1-3-11-37(12-4-1)53(38-13-5-2-6-14-38)46-17-9-7-15-41(46)42-27-28-50-51(52(42)53)43-16-8-10-18-47(43)57(50)40-25-21-36(22-26-40)35-19-23-39(24-20-35)56-48-29-31-54-33-44(48)45-34-55-32-30-49(45)56/h1-33H,34H2/q-1. The van der Waals surface area contributed by atoms with Gasteiger partial charge in [-0.1, -0.05) is 140 Å². The Morgan fingerprint density at radius 2 is 1.14 bits per heavy atom. The molecule has 0 saturated heterocycles. The van der Waals surface area contributed by atoms with Crippen molar-refractivity contribution in [2.24, 2.45) is 0 Å². The van der Waals surface area contributed by atoms with Crippen LogP contribution in [0.25, 0.3) is 77.7 Å². The highest BCUT2D eigenvalue weighted by Crippen LogP contribution is 2.59. The van der Waals surface area contributed by atoms with Crippen molar-refractivity contribution in [2.75, 3.05) is 0 Å². The summed E-state index contributed by atoms with van der Waals surface area (Å²) in [4.78, 5) is 4.41.